The molecule has 0 aliphatic carbocycles. The van der Waals surface area contributed by atoms with Crippen LogP contribution >= 0.6 is 0 Å². The van der Waals surface area contributed by atoms with Gasteiger partial charge in [0.05, 0.1) is 31.3 Å². The minimum absolute atomic E-state index is 0.0658. The number of nitrogens with one attached hydrogen (secondary N) is 1. The lowest BCUT2D eigenvalue weighted by Gasteiger charge is -2.40. The Morgan fingerprint density at radius 2 is 2.21 bits per heavy atom. The van der Waals surface area contributed by atoms with Crippen LogP contribution in [0.5, 0.6) is 11.5 Å². The van der Waals surface area contributed by atoms with Crippen LogP contribution in [0.25, 0.3) is 5.57 Å². The van der Waals surface area contributed by atoms with Gasteiger partial charge < -0.3 is 35.1 Å². The second-order valence-corrected chi connectivity index (χ2v) is 6.95. The molecule has 0 spiro atoms. The molecule has 1 aromatic heterocycles. The number of ether oxygens (including phenoxy) is 1. The molecular formula is C18H19BN4O6. The quantitative estimate of drug-likeness (QED) is 0.522. The highest BCUT2D eigenvalue weighted by atomic mass is 16.5. The number of rotatable bonds is 5. The first-order chi connectivity index (χ1) is 13.8. The number of aromatic nitrogens is 2. The zero-order valence-corrected chi connectivity index (χ0v) is 15.5. The number of amides is 1. The van der Waals surface area contributed by atoms with E-state index in [1.807, 2.05) is 0 Å². The lowest BCUT2D eigenvalue weighted by molar-refractivity contribution is -0.141. The number of carboxylic acids is 1. The number of hydrogen-bond acceptors (Lipinski definition) is 7. The van der Waals surface area contributed by atoms with Gasteiger partial charge in [0.15, 0.2) is 0 Å². The van der Waals surface area contributed by atoms with Gasteiger partial charge >= 0.3 is 13.1 Å². The van der Waals surface area contributed by atoms with Gasteiger partial charge in [0.25, 0.3) is 0 Å². The Kier molecular flexibility index (Phi) is 4.77. The van der Waals surface area contributed by atoms with Gasteiger partial charge in [-0.3, -0.25) is 4.79 Å². The number of likely N-dealkylation sites (tertiary alicyclic amines) is 1. The van der Waals surface area contributed by atoms with Crippen LogP contribution in [0.3, 0.4) is 0 Å². The first kappa shape index (κ1) is 19.0. The Balaban J connectivity index is 1.47. The van der Waals surface area contributed by atoms with E-state index in [0.717, 1.165) is 0 Å². The Labute approximate surface area is 166 Å². The Morgan fingerprint density at radius 1 is 1.45 bits per heavy atom. The largest absolute Gasteiger partial charge is 0.552 e. The highest BCUT2D eigenvalue weighted by molar-refractivity contribution is 6.52. The van der Waals surface area contributed by atoms with Gasteiger partial charge in [-0.05, 0) is 30.6 Å². The standard InChI is InChI=1S/C18H19BN4O6/c1-9-4-19(27)29-16-11(9)2-3-13(14(16)18(25)26)28-10-6-23(7-10)17(24)15(20)12-5-21-8-22-12/h2-5,8,10,15,27H,6-7,20H2,1H3,(H,21,22)(H,25,26)/t15-/m1/s1. The number of carbonyl (C=O) groups excluding carboxylic acids is 1. The van der Waals surface area contributed by atoms with Crippen molar-refractivity contribution in [3.63, 3.8) is 0 Å². The summed E-state index contributed by atoms with van der Waals surface area (Å²) in [6, 6.07) is 2.40. The Morgan fingerprint density at radius 3 is 2.86 bits per heavy atom. The van der Waals surface area contributed by atoms with Crippen molar-refractivity contribution in [3.8, 4) is 11.5 Å². The molecule has 2 aliphatic rings. The number of carboxylic acid groups (broad SMARTS) is 1. The molecule has 1 saturated heterocycles. The van der Waals surface area contributed by atoms with E-state index in [-0.39, 0.29) is 42.2 Å². The maximum Gasteiger partial charge on any atom is 0.552 e. The predicted molar refractivity (Wildman–Crippen MR) is 102 cm³/mol. The summed E-state index contributed by atoms with van der Waals surface area (Å²) in [7, 11) is -1.23. The highest BCUT2D eigenvalue weighted by Gasteiger charge is 2.37. The molecule has 1 aromatic carbocycles. The molecule has 3 heterocycles. The molecule has 2 aromatic rings. The normalized spacial score (nSPS) is 17.0. The van der Waals surface area contributed by atoms with Crippen LogP contribution in [0.4, 0.5) is 0 Å². The zero-order valence-electron chi connectivity index (χ0n) is 15.5. The van der Waals surface area contributed by atoms with Gasteiger partial charge in [-0.1, -0.05) is 0 Å². The number of allylic oxidation sites excluding steroid dienone is 1. The third-order valence-electron chi connectivity index (χ3n) is 4.96. The van der Waals surface area contributed by atoms with Crippen molar-refractivity contribution < 1.29 is 29.1 Å². The minimum atomic E-state index is -1.23. The molecule has 5 N–H and O–H groups in total. The number of H-pyrrole nitrogens is 1. The van der Waals surface area contributed by atoms with Crippen molar-refractivity contribution in [2.24, 2.45) is 5.73 Å². The van der Waals surface area contributed by atoms with E-state index in [9.17, 15) is 19.7 Å². The summed E-state index contributed by atoms with van der Waals surface area (Å²) in [6.07, 6.45) is 2.56. The van der Waals surface area contributed by atoms with Crippen LogP contribution in [-0.4, -0.2) is 63.2 Å². The van der Waals surface area contributed by atoms with Gasteiger partial charge in [0, 0.05) is 5.56 Å². The smallest absolute Gasteiger partial charge is 0.532 e. The lowest BCUT2D eigenvalue weighted by Crippen LogP contribution is -2.58. The van der Waals surface area contributed by atoms with Crippen LogP contribution in [0.15, 0.2) is 30.6 Å². The summed E-state index contributed by atoms with van der Waals surface area (Å²) in [6.45, 7) is 2.31. The highest BCUT2D eigenvalue weighted by Crippen LogP contribution is 2.39. The molecule has 0 unspecified atom stereocenters. The monoisotopic (exact) mass is 398 g/mol. The van der Waals surface area contributed by atoms with Crippen molar-refractivity contribution in [2.45, 2.75) is 19.1 Å². The third-order valence-corrected chi connectivity index (χ3v) is 4.96. The molecule has 0 bridgehead atoms. The van der Waals surface area contributed by atoms with Crippen LogP contribution in [0.2, 0.25) is 0 Å². The fourth-order valence-corrected chi connectivity index (χ4v) is 3.40. The van der Waals surface area contributed by atoms with Gasteiger partial charge in [0.2, 0.25) is 5.91 Å². The first-order valence-electron chi connectivity index (χ1n) is 8.98. The van der Waals surface area contributed by atoms with Gasteiger partial charge in [-0.15, -0.1) is 0 Å². The second kappa shape index (κ2) is 7.26. The number of imidazole rings is 1. The number of carbonyl (C=O) groups is 2. The molecule has 4 rings (SSSR count). The fourth-order valence-electron chi connectivity index (χ4n) is 3.40. The SMILES string of the molecule is CC1=CB(O)Oc2c1ccc(OC1CN(C(=O)[C@H](N)c3cnc[nH]3)C1)c2C(=O)O. The van der Waals surface area contributed by atoms with Crippen molar-refractivity contribution in [1.29, 1.82) is 0 Å². The average molecular weight is 398 g/mol. The van der Waals surface area contributed by atoms with Crippen LogP contribution < -0.4 is 15.1 Å². The molecule has 29 heavy (non-hydrogen) atoms. The van der Waals surface area contributed by atoms with Crippen LogP contribution in [-0.2, 0) is 4.79 Å². The minimum Gasteiger partial charge on any atom is -0.532 e. The van der Waals surface area contributed by atoms with Crippen LogP contribution in [0.1, 0.15) is 34.6 Å². The maximum absolute atomic E-state index is 12.4. The molecule has 1 fully saturated rings. The zero-order chi connectivity index (χ0) is 20.7. The first-order valence-corrected chi connectivity index (χ1v) is 8.98. The molecular weight excluding hydrogens is 379 g/mol. The van der Waals surface area contributed by atoms with Gasteiger partial charge in [0.1, 0.15) is 29.2 Å². The molecule has 0 saturated carbocycles. The van der Waals surface area contributed by atoms with Crippen molar-refractivity contribution >= 4 is 24.6 Å². The molecule has 11 heteroatoms. The van der Waals surface area contributed by atoms with Crippen LogP contribution in [0, 0.1) is 0 Å². The maximum atomic E-state index is 12.4. The molecule has 2 aliphatic heterocycles. The summed E-state index contributed by atoms with van der Waals surface area (Å²) in [4.78, 5) is 32.4. The summed E-state index contributed by atoms with van der Waals surface area (Å²) < 4.78 is 11.1. The summed E-state index contributed by atoms with van der Waals surface area (Å²) >= 11 is 0. The number of aromatic carboxylic acids is 1. The predicted octanol–water partition coefficient (Wildman–Crippen LogP) is 0.213. The molecule has 10 nitrogen and oxygen atoms in total. The summed E-state index contributed by atoms with van der Waals surface area (Å²) in [5.41, 5.74) is 7.58. The molecule has 0 radical (unpaired) electrons. The number of nitrogens with zero attached hydrogens (tertiary/aromatic N) is 2. The van der Waals surface area contributed by atoms with E-state index in [4.69, 9.17) is 15.1 Å². The number of nitrogens with two attached hydrogens (primary N) is 1. The molecule has 1 atom stereocenters. The van der Waals surface area contributed by atoms with Gasteiger partial charge in [-0.25, -0.2) is 9.78 Å². The van der Waals surface area contributed by atoms with E-state index in [0.29, 0.717) is 16.8 Å². The van der Waals surface area contributed by atoms with Crippen molar-refractivity contribution in [3.05, 3.63) is 47.5 Å². The van der Waals surface area contributed by atoms with Gasteiger partial charge in [-0.2, -0.15) is 0 Å². The van der Waals surface area contributed by atoms with E-state index >= 15 is 0 Å². The van der Waals surface area contributed by atoms with E-state index in [1.54, 1.807) is 19.1 Å². The third kappa shape index (κ3) is 3.45. The Bertz CT molecular complexity index is 986. The van der Waals surface area contributed by atoms with Crippen molar-refractivity contribution in [1.82, 2.24) is 14.9 Å². The number of benzene rings is 1. The molecule has 1 amide bonds. The average Bonchev–Trinajstić information content (AvgIpc) is 3.16. The van der Waals surface area contributed by atoms with E-state index in [2.05, 4.69) is 9.97 Å². The van der Waals surface area contributed by atoms with Crippen molar-refractivity contribution in [2.75, 3.05) is 13.1 Å². The summed E-state index contributed by atoms with van der Waals surface area (Å²) in [5.74, 6) is 0.175. The topological polar surface area (TPSA) is 151 Å². The summed E-state index contributed by atoms with van der Waals surface area (Å²) in [5, 5.41) is 19.5. The second-order valence-electron chi connectivity index (χ2n) is 6.95. The number of fused-ring (bicyclic) bond motifs is 1. The lowest BCUT2D eigenvalue weighted by atomic mass is 9.81. The van der Waals surface area contributed by atoms with E-state index in [1.165, 1.54) is 23.4 Å². The fraction of sp³-hybridized carbons (Fsp3) is 0.278. The number of hydrogen-bond donors (Lipinski definition) is 4. The number of aromatic amines is 1. The Hall–Kier alpha value is -3.31. The van der Waals surface area contributed by atoms with E-state index < -0.39 is 19.1 Å². The molecule has 150 valence electrons.